The van der Waals surface area contributed by atoms with Crippen molar-refractivity contribution in [2.75, 3.05) is 31.3 Å². The quantitative estimate of drug-likeness (QED) is 0.106. The molecule has 10 heteroatoms. The van der Waals surface area contributed by atoms with E-state index in [0.717, 1.165) is 17.5 Å². The number of aliphatic hydroxyl groups excluding tert-OH is 1. The van der Waals surface area contributed by atoms with Crippen molar-refractivity contribution in [2.45, 2.75) is 32.7 Å². The van der Waals surface area contributed by atoms with Crippen LogP contribution in [0.15, 0.2) is 66.2 Å². The molecule has 1 aromatic heterocycles. The minimum Gasteiger partial charge on any atom is -0.507 e. The van der Waals surface area contributed by atoms with E-state index in [-0.39, 0.29) is 11.3 Å². The second-order valence-corrected chi connectivity index (χ2v) is 10.9. The summed E-state index contributed by atoms with van der Waals surface area (Å²) in [6, 6.07) is 16.8. The van der Waals surface area contributed by atoms with Gasteiger partial charge in [-0.25, -0.2) is 4.98 Å². The van der Waals surface area contributed by atoms with Crippen LogP contribution in [0, 0.1) is 0 Å². The summed E-state index contributed by atoms with van der Waals surface area (Å²) in [4.78, 5) is 33.4. The molecule has 42 heavy (non-hydrogen) atoms. The lowest BCUT2D eigenvalue weighted by Gasteiger charge is -2.23. The Morgan fingerprint density at radius 1 is 0.976 bits per heavy atom. The third kappa shape index (κ3) is 5.14. The number of unbranched alkanes of at least 4 members (excludes halogenated alkanes) is 1. The monoisotopic (exact) mass is 586 g/mol. The highest BCUT2D eigenvalue weighted by Crippen LogP contribution is 2.45. The van der Waals surface area contributed by atoms with Gasteiger partial charge in [-0.05, 0) is 67.4 Å². The first-order valence-corrected chi connectivity index (χ1v) is 14.8. The van der Waals surface area contributed by atoms with Gasteiger partial charge in [-0.3, -0.25) is 14.5 Å². The van der Waals surface area contributed by atoms with E-state index in [1.54, 1.807) is 18.2 Å². The Bertz CT molecular complexity index is 1680. The highest BCUT2D eigenvalue weighted by molar-refractivity contribution is 7.22. The van der Waals surface area contributed by atoms with Crippen LogP contribution in [0.25, 0.3) is 16.0 Å². The van der Waals surface area contributed by atoms with Gasteiger partial charge < -0.3 is 24.1 Å². The van der Waals surface area contributed by atoms with Gasteiger partial charge in [0.05, 0.1) is 35.0 Å². The van der Waals surface area contributed by atoms with Gasteiger partial charge in [0.1, 0.15) is 30.5 Å². The number of carbonyl (C=O) groups is 2. The summed E-state index contributed by atoms with van der Waals surface area (Å²) in [6.07, 6.45) is 1.95. The molecule has 0 bridgehead atoms. The van der Waals surface area contributed by atoms with Crippen LogP contribution in [0.1, 0.15) is 43.9 Å². The molecule has 1 fully saturated rings. The fraction of sp³-hybridized carbons (Fsp3) is 0.281. The van der Waals surface area contributed by atoms with E-state index in [1.807, 2.05) is 49.4 Å². The molecule has 216 valence electrons. The molecule has 4 aromatic rings. The number of thiazole rings is 1. The average Bonchev–Trinajstić information content (AvgIpc) is 3.54. The lowest BCUT2D eigenvalue weighted by molar-refractivity contribution is -0.132. The Labute approximate surface area is 246 Å². The number of benzene rings is 3. The zero-order valence-corrected chi connectivity index (χ0v) is 24.1. The van der Waals surface area contributed by atoms with E-state index in [1.165, 1.54) is 16.2 Å². The van der Waals surface area contributed by atoms with Crippen LogP contribution in [0.2, 0.25) is 0 Å². The molecular formula is C32H30N2O7S. The first-order chi connectivity index (χ1) is 20.5. The van der Waals surface area contributed by atoms with Crippen molar-refractivity contribution in [3.63, 3.8) is 0 Å². The molecule has 0 radical (unpaired) electrons. The number of aromatic nitrogens is 1. The zero-order chi connectivity index (χ0) is 29.2. The number of hydrogen-bond acceptors (Lipinski definition) is 9. The first-order valence-electron chi connectivity index (χ1n) is 14.0. The molecule has 0 saturated carbocycles. The van der Waals surface area contributed by atoms with Crippen molar-refractivity contribution in [1.82, 2.24) is 4.98 Å². The molecule has 3 heterocycles. The van der Waals surface area contributed by atoms with Crippen LogP contribution in [0.3, 0.4) is 0 Å². The summed E-state index contributed by atoms with van der Waals surface area (Å²) < 4.78 is 23.6. The number of anilines is 1. The third-order valence-electron chi connectivity index (χ3n) is 7.09. The first kappa shape index (κ1) is 27.6. The highest BCUT2D eigenvalue weighted by Gasteiger charge is 2.48. The van der Waals surface area contributed by atoms with Gasteiger partial charge in [0.25, 0.3) is 5.78 Å². The normalized spacial score (nSPS) is 17.6. The average molecular weight is 587 g/mol. The predicted octanol–water partition coefficient (Wildman–Crippen LogP) is 6.27. The number of rotatable bonds is 9. The molecule has 3 aromatic carbocycles. The summed E-state index contributed by atoms with van der Waals surface area (Å²) in [5.74, 6) is 0.503. The largest absolute Gasteiger partial charge is 0.507 e. The fourth-order valence-electron chi connectivity index (χ4n) is 5.02. The van der Waals surface area contributed by atoms with Crippen molar-refractivity contribution in [3.8, 4) is 23.0 Å². The van der Waals surface area contributed by atoms with Crippen LogP contribution in [0.5, 0.6) is 23.0 Å². The van der Waals surface area contributed by atoms with E-state index >= 15 is 0 Å². The van der Waals surface area contributed by atoms with Crippen molar-refractivity contribution in [3.05, 3.63) is 77.4 Å². The molecule has 0 aliphatic carbocycles. The van der Waals surface area contributed by atoms with Gasteiger partial charge in [0.2, 0.25) is 0 Å². The Balaban J connectivity index is 1.46. The Kier molecular flexibility index (Phi) is 7.71. The van der Waals surface area contributed by atoms with Crippen molar-refractivity contribution in [1.29, 1.82) is 0 Å². The SMILES string of the molecule is CCCCOc1ccc([C@@H]2/C(=C(\O)c3ccc4c(c3)OCCO4)C(=O)C(=O)N2c2nc3ccc(OCC)cc3s2)cc1. The fourth-order valence-corrected chi connectivity index (χ4v) is 6.05. The van der Waals surface area contributed by atoms with E-state index in [2.05, 4.69) is 6.92 Å². The number of Topliss-reactive ketones (excluding diaryl/α,β-unsaturated/α-hetero) is 1. The Morgan fingerprint density at radius 2 is 1.74 bits per heavy atom. The minimum absolute atomic E-state index is 0.0365. The molecule has 1 amide bonds. The second kappa shape index (κ2) is 11.7. The number of hydrogen-bond donors (Lipinski definition) is 1. The van der Waals surface area contributed by atoms with E-state index in [4.69, 9.17) is 23.9 Å². The van der Waals surface area contributed by atoms with E-state index < -0.39 is 17.7 Å². The van der Waals surface area contributed by atoms with Crippen LogP contribution >= 0.6 is 11.3 Å². The lowest BCUT2D eigenvalue weighted by Crippen LogP contribution is -2.29. The topological polar surface area (TPSA) is 107 Å². The molecule has 1 N–H and O–H groups in total. The maximum atomic E-state index is 13.7. The highest BCUT2D eigenvalue weighted by atomic mass is 32.1. The summed E-state index contributed by atoms with van der Waals surface area (Å²) in [7, 11) is 0. The van der Waals surface area contributed by atoms with E-state index in [9.17, 15) is 14.7 Å². The number of amides is 1. The van der Waals surface area contributed by atoms with Crippen molar-refractivity contribution in [2.24, 2.45) is 0 Å². The van der Waals surface area contributed by atoms with Crippen molar-refractivity contribution < 1.29 is 33.6 Å². The molecule has 2 aliphatic rings. The van der Waals surface area contributed by atoms with Gasteiger partial charge in [-0.2, -0.15) is 0 Å². The molecule has 6 rings (SSSR count). The van der Waals surface area contributed by atoms with Crippen LogP contribution < -0.4 is 23.8 Å². The van der Waals surface area contributed by atoms with Crippen LogP contribution in [-0.4, -0.2) is 48.2 Å². The molecule has 0 spiro atoms. The third-order valence-corrected chi connectivity index (χ3v) is 8.11. The lowest BCUT2D eigenvalue weighted by atomic mass is 9.95. The molecule has 1 saturated heterocycles. The van der Waals surface area contributed by atoms with Gasteiger partial charge in [-0.15, -0.1) is 0 Å². The molecule has 9 nitrogen and oxygen atoms in total. The van der Waals surface area contributed by atoms with Gasteiger partial charge >= 0.3 is 5.91 Å². The van der Waals surface area contributed by atoms with E-state index in [0.29, 0.717) is 71.2 Å². The minimum atomic E-state index is -0.921. The Hall–Kier alpha value is -4.57. The second-order valence-electron chi connectivity index (χ2n) is 9.86. The molecular weight excluding hydrogens is 556 g/mol. The molecule has 0 unspecified atom stereocenters. The number of carbonyl (C=O) groups excluding carboxylic acids is 2. The number of aliphatic hydroxyl groups is 1. The number of fused-ring (bicyclic) bond motifs is 2. The van der Waals surface area contributed by atoms with Crippen LogP contribution in [0.4, 0.5) is 5.13 Å². The number of ketones is 1. The van der Waals surface area contributed by atoms with Gasteiger partial charge in [0, 0.05) is 5.56 Å². The predicted molar refractivity (Wildman–Crippen MR) is 160 cm³/mol. The number of nitrogens with zero attached hydrogens (tertiary/aromatic N) is 2. The maximum absolute atomic E-state index is 13.7. The summed E-state index contributed by atoms with van der Waals surface area (Å²) >= 11 is 1.28. The van der Waals surface area contributed by atoms with Gasteiger partial charge in [-0.1, -0.05) is 36.8 Å². The molecule has 1 atom stereocenters. The number of ether oxygens (including phenoxy) is 4. The van der Waals surface area contributed by atoms with Gasteiger partial charge in [0.15, 0.2) is 16.6 Å². The maximum Gasteiger partial charge on any atom is 0.301 e. The summed E-state index contributed by atoms with van der Waals surface area (Å²) in [5.41, 5.74) is 1.61. The summed E-state index contributed by atoms with van der Waals surface area (Å²) in [6.45, 7) is 5.91. The molecule has 2 aliphatic heterocycles. The smallest absolute Gasteiger partial charge is 0.301 e. The van der Waals surface area contributed by atoms with Crippen molar-refractivity contribution >= 4 is 44.1 Å². The Morgan fingerprint density at radius 3 is 2.50 bits per heavy atom. The summed E-state index contributed by atoms with van der Waals surface area (Å²) in [5, 5.41) is 11.9. The van der Waals surface area contributed by atoms with Crippen LogP contribution in [-0.2, 0) is 9.59 Å². The standard InChI is InChI=1S/C32H30N2O7S/c1-3-5-14-39-21-9-6-19(7-10-21)28-27(29(35)20-8-13-24-25(17-20)41-16-15-40-24)30(36)31(37)34(28)32-33-23-12-11-22(38-4-2)18-26(23)42-32/h6-13,17-18,28,35H,3-5,14-16H2,1-2H3/b29-27+/t28-/m1/s1. The zero-order valence-electron chi connectivity index (χ0n) is 23.3.